The first-order valence-corrected chi connectivity index (χ1v) is 7.33. The quantitative estimate of drug-likeness (QED) is 0.771. The van der Waals surface area contributed by atoms with Crippen LogP contribution in [0.5, 0.6) is 0 Å². The summed E-state index contributed by atoms with van der Waals surface area (Å²) in [5, 5.41) is 0. The molecule has 1 aromatic rings. The predicted molar refractivity (Wildman–Crippen MR) is 82.1 cm³/mol. The highest BCUT2D eigenvalue weighted by molar-refractivity contribution is 5.96. The number of carbonyl (C=O) groups excluding carboxylic acids is 1. The highest BCUT2D eigenvalue weighted by atomic mass is 16.2. The molecule has 2 aliphatic rings. The van der Waals surface area contributed by atoms with E-state index in [9.17, 15) is 4.79 Å². The average Bonchev–Trinajstić information content (AvgIpc) is 2.70. The number of carbonyl (C=O) groups is 1. The number of fused-ring (bicyclic) bond motifs is 2. The van der Waals surface area contributed by atoms with Crippen molar-refractivity contribution in [2.75, 3.05) is 19.0 Å². The molecule has 3 nitrogen and oxygen atoms in total. The molecule has 0 aromatic heterocycles. The van der Waals surface area contributed by atoms with Crippen LogP contribution in [0.3, 0.4) is 0 Å². The number of rotatable bonds is 2. The molecule has 106 valence electrons. The number of amides is 1. The predicted octanol–water partition coefficient (Wildman–Crippen LogP) is 3.08. The largest absolute Gasteiger partial charge is 0.378 e. The van der Waals surface area contributed by atoms with Gasteiger partial charge in [0.15, 0.2) is 0 Å². The minimum absolute atomic E-state index is 0.189. The Morgan fingerprint density at radius 2 is 1.90 bits per heavy atom. The van der Waals surface area contributed by atoms with Gasteiger partial charge >= 0.3 is 0 Å². The summed E-state index contributed by atoms with van der Waals surface area (Å²) in [5.74, 6) is 0.189. The third-order valence-corrected chi connectivity index (χ3v) is 4.51. The van der Waals surface area contributed by atoms with E-state index in [2.05, 4.69) is 11.5 Å². The van der Waals surface area contributed by atoms with Crippen LogP contribution in [0.25, 0.3) is 0 Å². The molecule has 1 aromatic carbocycles. The Balaban J connectivity index is 1.86. The molecular formula is C17H22N2O. The van der Waals surface area contributed by atoms with Crippen molar-refractivity contribution in [1.82, 2.24) is 4.90 Å². The minimum Gasteiger partial charge on any atom is -0.378 e. The summed E-state index contributed by atoms with van der Waals surface area (Å²) in [4.78, 5) is 17.0. The Kier molecular flexibility index (Phi) is 3.28. The van der Waals surface area contributed by atoms with Crippen molar-refractivity contribution < 1.29 is 4.79 Å². The molecule has 2 atom stereocenters. The van der Waals surface area contributed by atoms with Gasteiger partial charge in [0.2, 0.25) is 0 Å². The van der Waals surface area contributed by atoms with Crippen LogP contribution < -0.4 is 4.90 Å². The summed E-state index contributed by atoms with van der Waals surface area (Å²) in [6.45, 7) is 4.11. The van der Waals surface area contributed by atoms with Crippen LogP contribution in [-0.4, -0.2) is 37.0 Å². The lowest BCUT2D eigenvalue weighted by molar-refractivity contribution is 0.0635. The molecule has 1 amide bonds. The molecule has 2 bridgehead atoms. The van der Waals surface area contributed by atoms with Crippen LogP contribution in [0.2, 0.25) is 0 Å². The Morgan fingerprint density at radius 3 is 2.50 bits per heavy atom. The van der Waals surface area contributed by atoms with Crippen LogP contribution in [0.15, 0.2) is 36.4 Å². The zero-order chi connectivity index (χ0) is 14.3. The number of benzene rings is 1. The fourth-order valence-electron chi connectivity index (χ4n) is 3.51. The molecule has 0 saturated carbocycles. The van der Waals surface area contributed by atoms with Gasteiger partial charge in [0, 0.05) is 37.4 Å². The zero-order valence-corrected chi connectivity index (χ0v) is 12.3. The Labute approximate surface area is 120 Å². The lowest BCUT2D eigenvalue weighted by Crippen LogP contribution is -2.44. The second kappa shape index (κ2) is 4.97. The standard InChI is InChI=1S/C17H22N2O/c1-12-9-15-7-8-16(10-12)19(15)17(20)13-5-4-6-14(11-13)18(2)3/h4-6,11,15-16H,1,7-10H2,2-3H3. The van der Waals surface area contributed by atoms with Gasteiger partial charge in [0.25, 0.3) is 5.91 Å². The van der Waals surface area contributed by atoms with Gasteiger partial charge in [-0.2, -0.15) is 0 Å². The first kappa shape index (κ1) is 13.2. The van der Waals surface area contributed by atoms with Crippen LogP contribution in [0.1, 0.15) is 36.0 Å². The Bertz CT molecular complexity index is 534. The molecule has 2 fully saturated rings. The van der Waals surface area contributed by atoms with Crippen molar-refractivity contribution in [3.8, 4) is 0 Å². The molecule has 2 aliphatic heterocycles. The lowest BCUT2D eigenvalue weighted by atomic mass is 9.97. The summed E-state index contributed by atoms with van der Waals surface area (Å²) < 4.78 is 0. The Morgan fingerprint density at radius 1 is 1.25 bits per heavy atom. The highest BCUT2D eigenvalue weighted by Crippen LogP contribution is 2.38. The van der Waals surface area contributed by atoms with Gasteiger partial charge in [-0.1, -0.05) is 18.2 Å². The van der Waals surface area contributed by atoms with E-state index in [1.54, 1.807) is 0 Å². The summed E-state index contributed by atoms with van der Waals surface area (Å²) in [7, 11) is 4.00. The molecule has 20 heavy (non-hydrogen) atoms. The normalized spacial score (nSPS) is 24.9. The summed E-state index contributed by atoms with van der Waals surface area (Å²) >= 11 is 0. The summed E-state index contributed by atoms with van der Waals surface area (Å²) in [6, 6.07) is 8.66. The van der Waals surface area contributed by atoms with Crippen molar-refractivity contribution >= 4 is 11.6 Å². The van der Waals surface area contributed by atoms with Crippen LogP contribution >= 0.6 is 0 Å². The third-order valence-electron chi connectivity index (χ3n) is 4.51. The maximum Gasteiger partial charge on any atom is 0.254 e. The maximum atomic E-state index is 12.8. The topological polar surface area (TPSA) is 23.6 Å². The van der Waals surface area contributed by atoms with Crippen LogP contribution in [0, 0.1) is 0 Å². The van der Waals surface area contributed by atoms with E-state index in [1.165, 1.54) is 5.57 Å². The second-order valence-corrected chi connectivity index (χ2v) is 6.20. The molecule has 2 saturated heterocycles. The SMILES string of the molecule is C=C1CC2CCC(C1)N2C(=O)c1cccc(N(C)C)c1. The van der Waals surface area contributed by atoms with Gasteiger partial charge in [-0.15, -0.1) is 0 Å². The molecule has 0 aliphatic carbocycles. The number of hydrogen-bond acceptors (Lipinski definition) is 2. The maximum absolute atomic E-state index is 12.8. The fourth-order valence-corrected chi connectivity index (χ4v) is 3.51. The zero-order valence-electron chi connectivity index (χ0n) is 12.3. The summed E-state index contributed by atoms with van der Waals surface area (Å²) in [6.07, 6.45) is 4.22. The molecule has 3 rings (SSSR count). The van der Waals surface area contributed by atoms with E-state index >= 15 is 0 Å². The van der Waals surface area contributed by atoms with Gasteiger partial charge in [-0.3, -0.25) is 4.79 Å². The van der Waals surface area contributed by atoms with E-state index in [1.807, 2.05) is 43.3 Å². The van der Waals surface area contributed by atoms with Gasteiger partial charge in [0.1, 0.15) is 0 Å². The third kappa shape index (κ3) is 2.21. The van der Waals surface area contributed by atoms with Crippen molar-refractivity contribution in [1.29, 1.82) is 0 Å². The molecular weight excluding hydrogens is 248 g/mol. The van der Waals surface area contributed by atoms with E-state index < -0.39 is 0 Å². The minimum atomic E-state index is 0.189. The van der Waals surface area contributed by atoms with Crippen molar-refractivity contribution in [3.05, 3.63) is 42.0 Å². The number of anilines is 1. The highest BCUT2D eigenvalue weighted by Gasteiger charge is 2.40. The molecule has 0 radical (unpaired) electrons. The van der Waals surface area contributed by atoms with E-state index in [4.69, 9.17) is 0 Å². The van der Waals surface area contributed by atoms with E-state index in [-0.39, 0.29) is 5.91 Å². The first-order valence-electron chi connectivity index (χ1n) is 7.33. The number of nitrogens with zero attached hydrogens (tertiary/aromatic N) is 2. The lowest BCUT2D eigenvalue weighted by Gasteiger charge is -2.36. The first-order chi connectivity index (χ1) is 9.56. The number of piperidine rings is 1. The smallest absolute Gasteiger partial charge is 0.254 e. The monoisotopic (exact) mass is 270 g/mol. The average molecular weight is 270 g/mol. The van der Waals surface area contributed by atoms with Crippen LogP contribution in [-0.2, 0) is 0 Å². The number of hydrogen-bond donors (Lipinski definition) is 0. The van der Waals surface area contributed by atoms with Crippen LogP contribution in [0.4, 0.5) is 5.69 Å². The van der Waals surface area contributed by atoms with Gasteiger partial charge in [0.05, 0.1) is 0 Å². The second-order valence-electron chi connectivity index (χ2n) is 6.20. The molecule has 0 N–H and O–H groups in total. The van der Waals surface area contributed by atoms with Gasteiger partial charge in [-0.05, 0) is 43.9 Å². The molecule has 2 unspecified atom stereocenters. The van der Waals surface area contributed by atoms with E-state index in [0.717, 1.165) is 36.9 Å². The Hall–Kier alpha value is -1.77. The molecule has 0 spiro atoms. The van der Waals surface area contributed by atoms with Gasteiger partial charge in [-0.25, -0.2) is 0 Å². The van der Waals surface area contributed by atoms with Gasteiger partial charge < -0.3 is 9.80 Å². The van der Waals surface area contributed by atoms with E-state index in [0.29, 0.717) is 12.1 Å². The van der Waals surface area contributed by atoms with Crippen molar-refractivity contribution in [2.45, 2.75) is 37.8 Å². The fraction of sp³-hybridized carbons (Fsp3) is 0.471. The van der Waals surface area contributed by atoms with Crippen molar-refractivity contribution in [3.63, 3.8) is 0 Å². The van der Waals surface area contributed by atoms with Crippen molar-refractivity contribution in [2.24, 2.45) is 0 Å². The molecule has 2 heterocycles. The molecule has 3 heteroatoms. The summed E-state index contributed by atoms with van der Waals surface area (Å²) in [5.41, 5.74) is 3.19.